The second-order valence-electron chi connectivity index (χ2n) is 6.69. The molecule has 1 saturated carbocycles. The van der Waals surface area contributed by atoms with Gasteiger partial charge in [-0.25, -0.2) is 0 Å². The SMILES string of the molecule is CCCNC(CN1CC(C)C(C)C1)(C(N)=O)C1CC1. The minimum atomic E-state index is -0.486. The van der Waals surface area contributed by atoms with Crippen LogP contribution in [0.2, 0.25) is 0 Å². The average Bonchev–Trinajstić information content (AvgIpc) is 3.13. The van der Waals surface area contributed by atoms with E-state index in [0.717, 1.165) is 57.3 Å². The molecule has 19 heavy (non-hydrogen) atoms. The van der Waals surface area contributed by atoms with Crippen LogP contribution in [0.15, 0.2) is 0 Å². The van der Waals surface area contributed by atoms with Crippen molar-refractivity contribution in [2.45, 2.75) is 45.6 Å². The molecule has 2 fully saturated rings. The van der Waals surface area contributed by atoms with Crippen LogP contribution in [0.25, 0.3) is 0 Å². The Morgan fingerprint density at radius 2 is 1.89 bits per heavy atom. The first kappa shape index (κ1) is 14.8. The highest BCUT2D eigenvalue weighted by molar-refractivity contribution is 5.86. The van der Waals surface area contributed by atoms with Gasteiger partial charge in [-0.1, -0.05) is 20.8 Å². The van der Waals surface area contributed by atoms with E-state index in [4.69, 9.17) is 5.73 Å². The van der Waals surface area contributed by atoms with Crippen molar-refractivity contribution in [1.29, 1.82) is 0 Å². The van der Waals surface area contributed by atoms with Gasteiger partial charge in [0.2, 0.25) is 5.91 Å². The summed E-state index contributed by atoms with van der Waals surface area (Å²) in [6.45, 7) is 10.6. The van der Waals surface area contributed by atoms with Crippen molar-refractivity contribution < 1.29 is 4.79 Å². The summed E-state index contributed by atoms with van der Waals surface area (Å²) in [5.41, 5.74) is 5.29. The van der Waals surface area contributed by atoms with E-state index in [-0.39, 0.29) is 5.91 Å². The number of nitrogens with two attached hydrogens (primary N) is 1. The zero-order valence-electron chi connectivity index (χ0n) is 12.6. The molecule has 0 bridgehead atoms. The Morgan fingerprint density at radius 3 is 2.32 bits per heavy atom. The van der Waals surface area contributed by atoms with Crippen molar-refractivity contribution in [3.8, 4) is 0 Å². The van der Waals surface area contributed by atoms with E-state index in [2.05, 4.69) is 31.0 Å². The van der Waals surface area contributed by atoms with Gasteiger partial charge in [0.15, 0.2) is 0 Å². The molecule has 1 amide bonds. The number of likely N-dealkylation sites (tertiary alicyclic amines) is 1. The van der Waals surface area contributed by atoms with E-state index in [9.17, 15) is 4.79 Å². The smallest absolute Gasteiger partial charge is 0.239 e. The van der Waals surface area contributed by atoms with Crippen LogP contribution in [-0.4, -0.2) is 42.5 Å². The summed E-state index contributed by atoms with van der Waals surface area (Å²) in [7, 11) is 0. The summed E-state index contributed by atoms with van der Waals surface area (Å²) in [6, 6.07) is 0. The van der Waals surface area contributed by atoms with Gasteiger partial charge in [0, 0.05) is 19.6 Å². The van der Waals surface area contributed by atoms with E-state index < -0.39 is 5.54 Å². The third-order valence-corrected chi connectivity index (χ3v) is 4.94. The average molecular weight is 267 g/mol. The second-order valence-corrected chi connectivity index (χ2v) is 6.69. The molecule has 4 heteroatoms. The summed E-state index contributed by atoms with van der Waals surface area (Å²) >= 11 is 0. The van der Waals surface area contributed by atoms with Gasteiger partial charge < -0.3 is 16.0 Å². The Balaban J connectivity index is 2.06. The van der Waals surface area contributed by atoms with Gasteiger partial charge in [-0.15, -0.1) is 0 Å². The lowest BCUT2D eigenvalue weighted by Crippen LogP contribution is -2.63. The highest BCUT2D eigenvalue weighted by Gasteiger charge is 2.50. The first-order valence-corrected chi connectivity index (χ1v) is 7.77. The minimum absolute atomic E-state index is 0.157. The molecule has 0 aromatic rings. The van der Waals surface area contributed by atoms with E-state index in [0.29, 0.717) is 5.92 Å². The van der Waals surface area contributed by atoms with Crippen molar-refractivity contribution in [2.24, 2.45) is 23.5 Å². The standard InChI is InChI=1S/C15H29N3O/c1-4-7-17-15(14(16)19,13-5-6-13)10-18-8-11(2)12(3)9-18/h11-13,17H,4-10H2,1-3H3,(H2,16,19). The van der Waals surface area contributed by atoms with Crippen molar-refractivity contribution in [3.63, 3.8) is 0 Å². The molecule has 0 aromatic carbocycles. The Labute approximate surface area is 117 Å². The quantitative estimate of drug-likeness (QED) is 0.729. The molecule has 3 unspecified atom stereocenters. The maximum Gasteiger partial charge on any atom is 0.239 e. The molecule has 3 atom stereocenters. The number of hydrogen-bond donors (Lipinski definition) is 2. The van der Waals surface area contributed by atoms with E-state index in [1.54, 1.807) is 0 Å². The predicted octanol–water partition coefficient (Wildman–Crippen LogP) is 1.21. The van der Waals surface area contributed by atoms with Crippen molar-refractivity contribution in [1.82, 2.24) is 10.2 Å². The number of hydrogen-bond acceptors (Lipinski definition) is 3. The van der Waals surface area contributed by atoms with Gasteiger partial charge in [-0.05, 0) is 43.6 Å². The van der Waals surface area contributed by atoms with E-state index >= 15 is 0 Å². The molecule has 1 aliphatic carbocycles. The van der Waals surface area contributed by atoms with E-state index in [1.807, 2.05) is 0 Å². The first-order chi connectivity index (χ1) is 8.99. The highest BCUT2D eigenvalue weighted by Crippen LogP contribution is 2.41. The molecule has 0 spiro atoms. The van der Waals surface area contributed by atoms with Gasteiger partial charge in [0.1, 0.15) is 5.54 Å². The van der Waals surface area contributed by atoms with Crippen LogP contribution >= 0.6 is 0 Å². The lowest BCUT2D eigenvalue weighted by molar-refractivity contribution is -0.126. The molecule has 2 rings (SSSR count). The van der Waals surface area contributed by atoms with E-state index in [1.165, 1.54) is 0 Å². The zero-order valence-corrected chi connectivity index (χ0v) is 12.6. The van der Waals surface area contributed by atoms with Gasteiger partial charge >= 0.3 is 0 Å². The van der Waals surface area contributed by atoms with Crippen LogP contribution in [0, 0.1) is 17.8 Å². The van der Waals surface area contributed by atoms with Crippen LogP contribution in [0.5, 0.6) is 0 Å². The maximum atomic E-state index is 12.1. The second kappa shape index (κ2) is 5.80. The lowest BCUT2D eigenvalue weighted by Gasteiger charge is -2.36. The number of nitrogens with one attached hydrogen (secondary N) is 1. The third-order valence-electron chi connectivity index (χ3n) is 4.94. The summed E-state index contributed by atoms with van der Waals surface area (Å²) in [6.07, 6.45) is 3.31. The number of primary amides is 1. The Kier molecular flexibility index (Phi) is 4.51. The normalized spacial score (nSPS) is 31.3. The maximum absolute atomic E-state index is 12.1. The number of rotatable bonds is 7. The molecule has 0 aromatic heterocycles. The Morgan fingerprint density at radius 1 is 1.32 bits per heavy atom. The van der Waals surface area contributed by atoms with Gasteiger partial charge in [0.25, 0.3) is 0 Å². The third kappa shape index (κ3) is 3.11. The molecular formula is C15H29N3O. The van der Waals surface area contributed by atoms with Crippen LogP contribution in [0.1, 0.15) is 40.0 Å². The summed E-state index contributed by atoms with van der Waals surface area (Å²) in [4.78, 5) is 14.5. The molecular weight excluding hydrogens is 238 g/mol. The molecule has 1 aliphatic heterocycles. The number of nitrogens with zero attached hydrogens (tertiary/aromatic N) is 1. The molecule has 4 nitrogen and oxygen atoms in total. The van der Waals surface area contributed by atoms with Crippen LogP contribution < -0.4 is 11.1 Å². The molecule has 1 heterocycles. The van der Waals surface area contributed by atoms with Crippen molar-refractivity contribution >= 4 is 5.91 Å². The Bertz CT molecular complexity index is 319. The summed E-state index contributed by atoms with van der Waals surface area (Å²) in [5.74, 6) is 1.73. The van der Waals surface area contributed by atoms with Gasteiger partial charge in [-0.3, -0.25) is 4.79 Å². The summed E-state index contributed by atoms with van der Waals surface area (Å²) in [5, 5.41) is 3.48. The molecule has 0 radical (unpaired) electrons. The van der Waals surface area contributed by atoms with Crippen LogP contribution in [-0.2, 0) is 4.79 Å². The van der Waals surface area contributed by atoms with Crippen molar-refractivity contribution in [2.75, 3.05) is 26.2 Å². The lowest BCUT2D eigenvalue weighted by atomic mass is 9.91. The molecule has 1 saturated heterocycles. The summed E-state index contributed by atoms with van der Waals surface area (Å²) < 4.78 is 0. The van der Waals surface area contributed by atoms with Gasteiger partial charge in [0.05, 0.1) is 0 Å². The van der Waals surface area contributed by atoms with Crippen molar-refractivity contribution in [3.05, 3.63) is 0 Å². The molecule has 2 aliphatic rings. The fourth-order valence-electron chi connectivity index (χ4n) is 3.35. The van der Waals surface area contributed by atoms with Crippen LogP contribution in [0.3, 0.4) is 0 Å². The monoisotopic (exact) mass is 267 g/mol. The fourth-order valence-corrected chi connectivity index (χ4v) is 3.35. The number of carbonyl (C=O) groups excluding carboxylic acids is 1. The molecule has 110 valence electrons. The van der Waals surface area contributed by atoms with Gasteiger partial charge in [-0.2, -0.15) is 0 Å². The first-order valence-electron chi connectivity index (χ1n) is 7.77. The highest BCUT2D eigenvalue weighted by atomic mass is 16.1. The fraction of sp³-hybridized carbons (Fsp3) is 0.933. The Hall–Kier alpha value is -0.610. The topological polar surface area (TPSA) is 58.4 Å². The zero-order chi connectivity index (χ0) is 14.0. The number of amides is 1. The predicted molar refractivity (Wildman–Crippen MR) is 77.7 cm³/mol. The van der Waals surface area contributed by atoms with Crippen LogP contribution in [0.4, 0.5) is 0 Å². The largest absolute Gasteiger partial charge is 0.368 e. The number of carbonyl (C=O) groups is 1. The molecule has 3 N–H and O–H groups in total. The minimum Gasteiger partial charge on any atom is -0.368 e.